The zero-order valence-corrected chi connectivity index (χ0v) is 18.6. The molecule has 0 spiro atoms. The molecule has 1 unspecified atom stereocenters. The van der Waals surface area contributed by atoms with Gasteiger partial charge >= 0.3 is 18.1 Å². The highest BCUT2D eigenvalue weighted by molar-refractivity contribution is 5.98. The predicted molar refractivity (Wildman–Crippen MR) is 115 cm³/mol. The maximum Gasteiger partial charge on any atom is 0.433 e. The van der Waals surface area contributed by atoms with E-state index in [-0.39, 0.29) is 11.6 Å². The van der Waals surface area contributed by atoms with E-state index >= 15 is 0 Å². The second-order valence-electron chi connectivity index (χ2n) is 8.08. The quantitative estimate of drug-likeness (QED) is 0.534. The summed E-state index contributed by atoms with van der Waals surface area (Å²) >= 11 is 0. The molecule has 0 aliphatic heterocycles. The molecule has 0 radical (unpaired) electrons. The number of aromatic nitrogens is 5. The highest BCUT2D eigenvalue weighted by atomic mass is 19.4. The number of carbonyl (C=O) groups excluding carboxylic acids is 1. The largest absolute Gasteiger partial charge is 0.433 e. The number of nitrogens with zero attached hydrogens (tertiary/aromatic N) is 5. The monoisotopic (exact) mass is 474 g/mol. The van der Waals surface area contributed by atoms with Crippen molar-refractivity contribution in [3.63, 3.8) is 0 Å². The summed E-state index contributed by atoms with van der Waals surface area (Å²) in [7, 11) is 0. The summed E-state index contributed by atoms with van der Waals surface area (Å²) in [4.78, 5) is 24.0. The number of nitrogens with one attached hydrogen (secondary N) is 2. The summed E-state index contributed by atoms with van der Waals surface area (Å²) in [6.07, 6.45) is 4.39. The Morgan fingerprint density at radius 1 is 1.21 bits per heavy atom. The highest BCUT2D eigenvalue weighted by Crippen LogP contribution is 2.32. The molecule has 1 aliphatic rings. The normalized spacial score (nSPS) is 16.1. The number of amides is 2. The first-order valence-corrected chi connectivity index (χ1v) is 10.6. The molecule has 0 saturated heterocycles. The number of hydrogen-bond acceptors (Lipinski definition) is 6. The fourth-order valence-corrected chi connectivity index (χ4v) is 3.96. The highest BCUT2D eigenvalue weighted by Gasteiger charge is 2.32. The molecule has 0 fully saturated rings. The lowest BCUT2D eigenvalue weighted by molar-refractivity contribution is -0.767. The van der Waals surface area contributed by atoms with Crippen LogP contribution in [0.15, 0.2) is 41.5 Å². The van der Waals surface area contributed by atoms with Crippen molar-refractivity contribution in [2.24, 2.45) is 5.92 Å². The Labute approximate surface area is 193 Å². The topological polar surface area (TPSA) is 110 Å². The summed E-state index contributed by atoms with van der Waals surface area (Å²) in [5.74, 6) is 0.408. The van der Waals surface area contributed by atoms with E-state index in [1.54, 1.807) is 11.0 Å². The fraction of sp³-hybridized carbons (Fsp3) is 0.364. The molecule has 2 amide bonds. The molecule has 9 nitrogen and oxygen atoms in total. The Balaban J connectivity index is 1.32. The van der Waals surface area contributed by atoms with Crippen LogP contribution in [0.5, 0.6) is 0 Å². The van der Waals surface area contributed by atoms with Crippen LogP contribution in [0.3, 0.4) is 0 Å². The van der Waals surface area contributed by atoms with Crippen LogP contribution in [0.2, 0.25) is 0 Å². The van der Waals surface area contributed by atoms with Crippen molar-refractivity contribution in [1.82, 2.24) is 20.2 Å². The predicted octanol–water partition coefficient (Wildman–Crippen LogP) is 4.31. The van der Waals surface area contributed by atoms with Crippen molar-refractivity contribution in [2.45, 2.75) is 45.8 Å². The summed E-state index contributed by atoms with van der Waals surface area (Å²) in [5.41, 5.74) is 3.16. The van der Waals surface area contributed by atoms with E-state index in [1.165, 1.54) is 17.8 Å². The van der Waals surface area contributed by atoms with E-state index < -0.39 is 17.9 Å². The van der Waals surface area contributed by atoms with Crippen LogP contribution in [0.25, 0.3) is 5.57 Å². The molecule has 3 aromatic rings. The first kappa shape index (κ1) is 23.3. The van der Waals surface area contributed by atoms with Gasteiger partial charge in [-0.2, -0.15) is 13.2 Å². The van der Waals surface area contributed by atoms with Crippen LogP contribution in [-0.4, -0.2) is 26.3 Å². The molecular weight excluding hydrogens is 451 g/mol. The summed E-state index contributed by atoms with van der Waals surface area (Å²) in [6.45, 7) is 4.56. The Kier molecular flexibility index (Phi) is 6.57. The van der Waals surface area contributed by atoms with Crippen LogP contribution in [-0.2, 0) is 12.7 Å². The number of alkyl halides is 3. The summed E-state index contributed by atoms with van der Waals surface area (Å²) in [5, 5.41) is 8.66. The Morgan fingerprint density at radius 3 is 2.65 bits per heavy atom. The van der Waals surface area contributed by atoms with Crippen LogP contribution >= 0.6 is 0 Å². The van der Waals surface area contributed by atoms with E-state index in [0.717, 1.165) is 48.5 Å². The second kappa shape index (κ2) is 9.57. The van der Waals surface area contributed by atoms with Crippen LogP contribution in [0.4, 0.5) is 29.5 Å². The number of pyridine rings is 1. The van der Waals surface area contributed by atoms with Crippen LogP contribution < -0.4 is 15.3 Å². The third kappa shape index (κ3) is 5.56. The number of allylic oxidation sites excluding steroid dienone is 2. The fourth-order valence-electron chi connectivity index (χ4n) is 3.96. The second-order valence-corrected chi connectivity index (χ2v) is 8.08. The van der Waals surface area contributed by atoms with Crippen LogP contribution in [0.1, 0.15) is 41.9 Å². The van der Waals surface area contributed by atoms with Gasteiger partial charge in [0.1, 0.15) is 12.0 Å². The van der Waals surface area contributed by atoms with Crippen molar-refractivity contribution in [1.29, 1.82) is 0 Å². The molecule has 178 valence electrons. The number of urea groups is 1. The number of anilines is 2. The summed E-state index contributed by atoms with van der Waals surface area (Å²) < 4.78 is 45.0. The molecular formula is C22H23F3N7O2+. The van der Waals surface area contributed by atoms with Gasteiger partial charge in [-0.3, -0.25) is 14.8 Å². The molecule has 4 rings (SSSR count). The van der Waals surface area contributed by atoms with Crippen molar-refractivity contribution in [3.8, 4) is 0 Å². The van der Waals surface area contributed by atoms with E-state index in [0.29, 0.717) is 12.5 Å². The van der Waals surface area contributed by atoms with Gasteiger partial charge < -0.3 is 5.32 Å². The van der Waals surface area contributed by atoms with Crippen molar-refractivity contribution in [2.75, 3.05) is 10.6 Å². The van der Waals surface area contributed by atoms with Crippen LogP contribution in [0, 0.1) is 19.8 Å². The van der Waals surface area contributed by atoms with Crippen molar-refractivity contribution < 1.29 is 27.2 Å². The lowest BCUT2D eigenvalue weighted by atomic mass is 9.85. The molecule has 1 atom stereocenters. The number of carbonyl (C=O) groups is 1. The van der Waals surface area contributed by atoms with E-state index in [2.05, 4.69) is 36.9 Å². The van der Waals surface area contributed by atoms with Gasteiger partial charge in [0.2, 0.25) is 5.27 Å². The molecule has 12 heteroatoms. The number of aryl methyl sites for hydroxylation is 2. The lowest BCUT2D eigenvalue weighted by Gasteiger charge is -2.20. The van der Waals surface area contributed by atoms with E-state index in [1.807, 2.05) is 13.8 Å². The molecule has 0 saturated carbocycles. The van der Waals surface area contributed by atoms with Gasteiger partial charge in [0, 0.05) is 34.8 Å². The molecule has 1 aliphatic carbocycles. The van der Waals surface area contributed by atoms with Gasteiger partial charge in [0.05, 0.1) is 0 Å². The van der Waals surface area contributed by atoms with E-state index in [4.69, 9.17) is 4.52 Å². The Bertz CT molecular complexity index is 1200. The van der Waals surface area contributed by atoms with Gasteiger partial charge in [-0.1, -0.05) is 10.8 Å². The minimum Gasteiger partial charge on any atom is -0.308 e. The minimum atomic E-state index is -4.60. The Morgan fingerprint density at radius 2 is 1.97 bits per heavy atom. The third-order valence-corrected chi connectivity index (χ3v) is 5.57. The molecule has 3 aromatic heterocycles. The average molecular weight is 474 g/mol. The van der Waals surface area contributed by atoms with Crippen molar-refractivity contribution in [3.05, 3.63) is 59.6 Å². The SMILES string of the molecule is Cc1ncnc(C)c1C1=CCC(C[n+]2cc(NC(=O)Nc3ccnc(C(F)(F)F)c3)on2)CC1. The molecule has 0 bridgehead atoms. The van der Waals surface area contributed by atoms with Gasteiger partial charge in [-0.25, -0.2) is 14.8 Å². The smallest absolute Gasteiger partial charge is 0.308 e. The number of hydrogen-bond donors (Lipinski definition) is 2. The van der Waals surface area contributed by atoms with Crippen molar-refractivity contribution >= 4 is 23.2 Å². The minimum absolute atomic E-state index is 0.0497. The van der Waals surface area contributed by atoms with Gasteiger partial charge in [0.25, 0.3) is 6.20 Å². The third-order valence-electron chi connectivity index (χ3n) is 5.57. The zero-order chi connectivity index (χ0) is 24.3. The summed E-state index contributed by atoms with van der Waals surface area (Å²) in [6, 6.07) is 1.24. The Hall–Kier alpha value is -3.83. The zero-order valence-electron chi connectivity index (χ0n) is 18.6. The maximum absolute atomic E-state index is 12.8. The molecule has 3 heterocycles. The maximum atomic E-state index is 12.8. The standard InChI is InChI=1S/C22H22F3N7O2/c1-13-20(14(2)28-12-27-13)16-5-3-15(4-6-16)10-32-11-19(34-31-32)30-21(33)29-17-7-8-26-18(9-17)22(23,24)25/h5,7-9,11-12,15H,3-4,6,10H2,1-2H3,(H-,26,29,30,31,33)/p+1. The average Bonchev–Trinajstić information content (AvgIpc) is 3.21. The van der Waals surface area contributed by atoms with Gasteiger partial charge in [0.15, 0.2) is 6.54 Å². The van der Waals surface area contributed by atoms with Gasteiger partial charge in [-0.15, -0.1) is 0 Å². The molecule has 0 aromatic carbocycles. The molecule has 34 heavy (non-hydrogen) atoms. The number of halogens is 3. The molecule has 2 N–H and O–H groups in total. The number of rotatable bonds is 5. The van der Waals surface area contributed by atoms with Gasteiger partial charge in [-0.05, 0) is 50.8 Å². The van der Waals surface area contributed by atoms with E-state index in [9.17, 15) is 18.0 Å². The first-order valence-electron chi connectivity index (χ1n) is 10.6. The lowest BCUT2D eigenvalue weighted by Crippen LogP contribution is -2.39. The first-order chi connectivity index (χ1) is 16.2.